The molecule has 1 aromatic carbocycles. The van der Waals surface area contributed by atoms with Gasteiger partial charge in [0.2, 0.25) is 0 Å². The molecule has 1 aromatic heterocycles. The van der Waals surface area contributed by atoms with E-state index in [2.05, 4.69) is 15.9 Å². The van der Waals surface area contributed by atoms with Crippen molar-refractivity contribution in [3.63, 3.8) is 0 Å². The molecule has 0 spiro atoms. The minimum absolute atomic E-state index is 0.0224. The Morgan fingerprint density at radius 3 is 2.76 bits per heavy atom. The van der Waals surface area contributed by atoms with Crippen molar-refractivity contribution in [3.8, 4) is 0 Å². The topological polar surface area (TPSA) is 54.5 Å². The van der Waals surface area contributed by atoms with Gasteiger partial charge in [0.15, 0.2) is 5.78 Å². The number of Topliss-reactive ketones (excluding diaryl/α,β-unsaturated/α-hetero) is 2. The Hall–Kier alpha value is -1.86. The van der Waals surface area contributed by atoms with Gasteiger partial charge in [0, 0.05) is 4.47 Å². The van der Waals surface area contributed by atoms with Crippen molar-refractivity contribution in [3.05, 3.63) is 50.4 Å². The molecule has 1 amide bonds. The first kappa shape index (κ1) is 14.1. The Morgan fingerprint density at radius 1 is 1.33 bits per heavy atom. The fraction of sp³-hybridized carbons (Fsp3) is 0.0714. The number of fused-ring (bicyclic) bond motifs is 1. The second kappa shape index (κ2) is 5.16. The number of nitrogens with zero attached hydrogens (tertiary/aromatic N) is 1. The smallest absolute Gasteiger partial charge is 0.296 e. The number of hydrogen-bond donors (Lipinski definition) is 0. The van der Waals surface area contributed by atoms with Crippen molar-refractivity contribution in [2.45, 2.75) is 0 Å². The minimum Gasteiger partial charge on any atom is -0.296 e. The zero-order chi connectivity index (χ0) is 15.1. The van der Waals surface area contributed by atoms with E-state index in [1.807, 2.05) is 0 Å². The number of hydrogen-bond acceptors (Lipinski definition) is 4. The molecule has 0 aliphatic carbocycles. The van der Waals surface area contributed by atoms with Crippen LogP contribution in [0.5, 0.6) is 0 Å². The van der Waals surface area contributed by atoms with E-state index in [0.717, 1.165) is 17.0 Å². The molecule has 0 saturated heterocycles. The van der Waals surface area contributed by atoms with Crippen LogP contribution in [0.15, 0.2) is 34.1 Å². The lowest BCUT2D eigenvalue weighted by atomic mass is 10.1. The molecule has 1 aliphatic rings. The van der Waals surface area contributed by atoms with Gasteiger partial charge in [0.25, 0.3) is 11.7 Å². The molecule has 4 nitrogen and oxygen atoms in total. The van der Waals surface area contributed by atoms with Gasteiger partial charge in [-0.1, -0.05) is 6.07 Å². The average molecular weight is 368 g/mol. The van der Waals surface area contributed by atoms with E-state index >= 15 is 0 Å². The number of benzene rings is 1. The van der Waals surface area contributed by atoms with E-state index < -0.39 is 17.5 Å². The molecule has 2 heterocycles. The van der Waals surface area contributed by atoms with Gasteiger partial charge in [-0.05, 0) is 39.5 Å². The summed E-state index contributed by atoms with van der Waals surface area (Å²) in [5, 5.41) is 1.75. The zero-order valence-corrected chi connectivity index (χ0v) is 12.8. The standard InChI is InChI=1S/C14H7BrFNO3S/c15-9-5-7(16)4-8-12(9)17(14(20)13(8)19)6-10(18)11-2-1-3-21-11/h1-5H,6H2. The monoisotopic (exact) mass is 367 g/mol. The molecule has 106 valence electrons. The lowest BCUT2D eigenvalue weighted by Gasteiger charge is -2.16. The molecule has 3 rings (SSSR count). The van der Waals surface area contributed by atoms with Gasteiger partial charge in [-0.15, -0.1) is 11.3 Å². The Morgan fingerprint density at radius 2 is 2.10 bits per heavy atom. The highest BCUT2D eigenvalue weighted by molar-refractivity contribution is 9.10. The summed E-state index contributed by atoms with van der Waals surface area (Å²) in [6, 6.07) is 5.55. The van der Waals surface area contributed by atoms with Crippen molar-refractivity contribution in [1.82, 2.24) is 0 Å². The molecule has 0 atom stereocenters. The molecule has 0 bridgehead atoms. The number of carbonyl (C=O) groups excluding carboxylic acids is 3. The number of anilines is 1. The van der Waals surface area contributed by atoms with Crippen LogP contribution in [0.2, 0.25) is 0 Å². The van der Waals surface area contributed by atoms with Crippen molar-refractivity contribution in [2.24, 2.45) is 0 Å². The van der Waals surface area contributed by atoms with Crippen molar-refractivity contribution in [1.29, 1.82) is 0 Å². The minimum atomic E-state index is -0.818. The van der Waals surface area contributed by atoms with Gasteiger partial charge in [-0.25, -0.2) is 4.39 Å². The van der Waals surface area contributed by atoms with Gasteiger partial charge >= 0.3 is 0 Å². The average Bonchev–Trinajstić information content (AvgIpc) is 3.03. The Bertz CT molecular complexity index is 773. The molecule has 21 heavy (non-hydrogen) atoms. The number of halogens is 2. The third kappa shape index (κ3) is 2.32. The molecule has 7 heteroatoms. The number of amides is 1. The van der Waals surface area contributed by atoms with Crippen LogP contribution < -0.4 is 4.90 Å². The van der Waals surface area contributed by atoms with Crippen molar-refractivity contribution >= 4 is 50.4 Å². The number of carbonyl (C=O) groups is 3. The van der Waals surface area contributed by atoms with E-state index in [0.29, 0.717) is 4.88 Å². The lowest BCUT2D eigenvalue weighted by Crippen LogP contribution is -2.34. The fourth-order valence-corrected chi connectivity index (χ4v) is 3.47. The fourth-order valence-electron chi connectivity index (χ4n) is 2.16. The van der Waals surface area contributed by atoms with Crippen LogP contribution in [0.3, 0.4) is 0 Å². The summed E-state index contributed by atoms with van der Waals surface area (Å²) in [5.41, 5.74) is 0.224. The molecule has 0 fully saturated rings. The molecule has 1 aliphatic heterocycles. The highest BCUT2D eigenvalue weighted by Gasteiger charge is 2.39. The molecule has 0 unspecified atom stereocenters. The second-order valence-electron chi connectivity index (χ2n) is 4.40. The van der Waals surface area contributed by atoms with Crippen molar-refractivity contribution in [2.75, 3.05) is 11.4 Å². The number of thiophene rings is 1. The molecule has 0 radical (unpaired) electrons. The van der Waals surface area contributed by atoms with Gasteiger partial charge in [-0.3, -0.25) is 19.3 Å². The molecular weight excluding hydrogens is 361 g/mol. The predicted molar refractivity (Wildman–Crippen MR) is 79.4 cm³/mol. The number of ketones is 2. The molecule has 0 saturated carbocycles. The first-order chi connectivity index (χ1) is 9.99. The maximum atomic E-state index is 13.4. The van der Waals surface area contributed by atoms with Gasteiger partial charge in [-0.2, -0.15) is 0 Å². The van der Waals surface area contributed by atoms with Crippen molar-refractivity contribution < 1.29 is 18.8 Å². The summed E-state index contributed by atoms with van der Waals surface area (Å²) in [7, 11) is 0. The maximum absolute atomic E-state index is 13.4. The van der Waals surface area contributed by atoms with Gasteiger partial charge < -0.3 is 0 Å². The SMILES string of the molecule is O=C(CN1C(=O)C(=O)c2cc(F)cc(Br)c21)c1cccs1. The normalized spacial score (nSPS) is 13.7. The van der Waals surface area contributed by atoms with Crippen LogP contribution in [0, 0.1) is 5.82 Å². The molecule has 0 N–H and O–H groups in total. The summed E-state index contributed by atoms with van der Waals surface area (Å²) in [6.07, 6.45) is 0. The van der Waals surface area contributed by atoms with E-state index in [1.165, 1.54) is 11.3 Å². The molecular formula is C14H7BrFNO3S. The third-order valence-corrected chi connectivity index (χ3v) is 4.60. The molecule has 2 aromatic rings. The largest absolute Gasteiger partial charge is 0.299 e. The summed E-state index contributed by atoms with van der Waals surface area (Å²) < 4.78 is 13.6. The van der Waals surface area contributed by atoms with Crippen LogP contribution in [0.4, 0.5) is 10.1 Å². The lowest BCUT2D eigenvalue weighted by molar-refractivity contribution is -0.114. The van der Waals surface area contributed by atoms with E-state index in [4.69, 9.17) is 0 Å². The summed E-state index contributed by atoms with van der Waals surface area (Å²) in [6.45, 7) is -0.248. The maximum Gasteiger partial charge on any atom is 0.299 e. The summed E-state index contributed by atoms with van der Waals surface area (Å²) in [4.78, 5) is 37.6. The van der Waals surface area contributed by atoms with Crippen LogP contribution in [-0.2, 0) is 4.79 Å². The van der Waals surface area contributed by atoms with E-state index in [1.54, 1.807) is 17.5 Å². The Labute approximate surface area is 131 Å². The predicted octanol–water partition coefficient (Wildman–Crippen LogP) is 3.06. The Balaban J connectivity index is 2.00. The first-order valence-corrected chi connectivity index (χ1v) is 7.58. The van der Waals surface area contributed by atoms with E-state index in [9.17, 15) is 18.8 Å². The Kier molecular flexibility index (Phi) is 3.46. The highest BCUT2D eigenvalue weighted by Crippen LogP contribution is 2.37. The van der Waals surface area contributed by atoms with Gasteiger partial charge in [0.1, 0.15) is 5.82 Å². The zero-order valence-electron chi connectivity index (χ0n) is 10.4. The third-order valence-electron chi connectivity index (χ3n) is 3.08. The number of rotatable bonds is 3. The summed E-state index contributed by atoms with van der Waals surface area (Å²) in [5.74, 6) is -2.51. The van der Waals surface area contributed by atoms with E-state index in [-0.39, 0.29) is 28.1 Å². The quantitative estimate of drug-likeness (QED) is 0.618. The van der Waals surface area contributed by atoms with Crippen LogP contribution in [-0.4, -0.2) is 24.0 Å². The van der Waals surface area contributed by atoms with Gasteiger partial charge in [0.05, 0.1) is 22.7 Å². The highest BCUT2D eigenvalue weighted by atomic mass is 79.9. The second-order valence-corrected chi connectivity index (χ2v) is 6.21. The van der Waals surface area contributed by atoms with Crippen LogP contribution in [0.25, 0.3) is 0 Å². The van der Waals surface area contributed by atoms with Crippen LogP contribution >= 0.6 is 27.3 Å². The first-order valence-electron chi connectivity index (χ1n) is 5.91. The van der Waals surface area contributed by atoms with Crippen LogP contribution in [0.1, 0.15) is 20.0 Å². The summed E-state index contributed by atoms with van der Waals surface area (Å²) >= 11 is 4.40.